The van der Waals surface area contributed by atoms with Gasteiger partial charge in [0.25, 0.3) is 0 Å². The molecule has 4 heteroatoms. The fourth-order valence-corrected chi connectivity index (χ4v) is 1.10. The number of carbonyl (C=O) groups excluding carboxylic acids is 2. The van der Waals surface area contributed by atoms with Gasteiger partial charge in [-0.05, 0) is 19.3 Å². The molecule has 0 unspecified atom stereocenters. The number of halogens is 1. The van der Waals surface area contributed by atoms with Crippen molar-refractivity contribution in [2.24, 2.45) is 5.41 Å². The van der Waals surface area contributed by atoms with Gasteiger partial charge in [0, 0.05) is 11.6 Å². The second-order valence-corrected chi connectivity index (χ2v) is 3.07. The maximum Gasteiger partial charge on any atom is 0.411 e. The molecule has 0 aromatic carbocycles. The summed E-state index contributed by atoms with van der Waals surface area (Å²) in [5, 5.41) is 0. The predicted octanol–water partition coefficient (Wildman–Crippen LogP) is 2.08. The molecule has 0 aliphatic heterocycles. The molecular formula is C7H9ClO3. The first-order valence-electron chi connectivity index (χ1n) is 3.52. The third-order valence-electron chi connectivity index (χ3n) is 2.14. The van der Waals surface area contributed by atoms with E-state index in [1.54, 1.807) is 0 Å². The second-order valence-electron chi connectivity index (χ2n) is 2.76. The molecule has 1 aliphatic rings. The average molecular weight is 177 g/mol. The van der Waals surface area contributed by atoms with E-state index >= 15 is 0 Å². The van der Waals surface area contributed by atoms with Gasteiger partial charge in [0.15, 0.2) is 0 Å². The third kappa shape index (κ3) is 1.71. The molecule has 1 fully saturated rings. The molecule has 0 bridgehead atoms. The van der Waals surface area contributed by atoms with E-state index < -0.39 is 11.4 Å². The molecule has 0 aromatic heterocycles. The van der Waals surface area contributed by atoms with Gasteiger partial charge in [-0.3, -0.25) is 4.79 Å². The van der Waals surface area contributed by atoms with E-state index in [1.165, 1.54) is 0 Å². The minimum Gasteiger partial charge on any atom is -0.380 e. The molecule has 1 rings (SSSR count). The third-order valence-corrected chi connectivity index (χ3v) is 2.21. The maximum atomic E-state index is 11.0. The van der Waals surface area contributed by atoms with Crippen LogP contribution >= 0.6 is 11.6 Å². The summed E-state index contributed by atoms with van der Waals surface area (Å²) in [5.41, 5.74) is -1.42. The molecule has 1 aliphatic carbocycles. The lowest BCUT2D eigenvalue weighted by Crippen LogP contribution is -2.19. The van der Waals surface area contributed by atoms with Crippen LogP contribution in [0.2, 0.25) is 0 Å². The normalized spacial score (nSPS) is 19.1. The van der Waals surface area contributed by atoms with Crippen LogP contribution in [0.5, 0.6) is 0 Å². The molecule has 0 spiro atoms. The summed E-state index contributed by atoms with van der Waals surface area (Å²) in [6.07, 6.45) is 2.34. The van der Waals surface area contributed by atoms with Gasteiger partial charge >= 0.3 is 11.4 Å². The number of hydrogen-bond donors (Lipinski definition) is 0. The Kier molecular flexibility index (Phi) is 2.18. The van der Waals surface area contributed by atoms with Crippen molar-refractivity contribution in [3.05, 3.63) is 0 Å². The monoisotopic (exact) mass is 176 g/mol. The fourth-order valence-electron chi connectivity index (χ4n) is 1.03. The summed E-state index contributed by atoms with van der Waals surface area (Å²) < 4.78 is 4.26. The Balaban J connectivity index is 2.48. The van der Waals surface area contributed by atoms with E-state index in [1.807, 2.05) is 6.92 Å². The van der Waals surface area contributed by atoms with Crippen molar-refractivity contribution in [3.8, 4) is 0 Å². The van der Waals surface area contributed by atoms with E-state index in [9.17, 15) is 9.59 Å². The summed E-state index contributed by atoms with van der Waals surface area (Å²) >= 11 is 4.88. The van der Waals surface area contributed by atoms with Crippen LogP contribution in [0.3, 0.4) is 0 Å². The van der Waals surface area contributed by atoms with Gasteiger partial charge in [0.1, 0.15) is 0 Å². The number of hydrogen-bond acceptors (Lipinski definition) is 3. The molecule has 0 N–H and O–H groups in total. The van der Waals surface area contributed by atoms with Crippen LogP contribution in [0.25, 0.3) is 0 Å². The molecule has 0 saturated heterocycles. The summed E-state index contributed by atoms with van der Waals surface area (Å²) in [4.78, 5) is 21.2. The zero-order valence-electron chi connectivity index (χ0n) is 6.22. The zero-order chi connectivity index (χ0) is 8.48. The minimum atomic E-state index is -1.03. The predicted molar refractivity (Wildman–Crippen MR) is 39.3 cm³/mol. The Labute approximate surface area is 69.7 Å². The Morgan fingerprint density at radius 1 is 1.55 bits per heavy atom. The van der Waals surface area contributed by atoms with Gasteiger partial charge in [-0.1, -0.05) is 6.92 Å². The minimum absolute atomic E-state index is 0.384. The number of ether oxygens (including phenoxy) is 1. The van der Waals surface area contributed by atoms with E-state index in [0.29, 0.717) is 0 Å². The topological polar surface area (TPSA) is 43.4 Å². The van der Waals surface area contributed by atoms with Crippen molar-refractivity contribution in [2.75, 3.05) is 0 Å². The molecular weight excluding hydrogens is 168 g/mol. The van der Waals surface area contributed by atoms with Crippen LogP contribution in [-0.4, -0.2) is 11.4 Å². The first-order chi connectivity index (χ1) is 5.10. The highest BCUT2D eigenvalue weighted by molar-refractivity contribution is 6.61. The first kappa shape index (κ1) is 8.53. The van der Waals surface area contributed by atoms with E-state index in [0.717, 1.165) is 19.3 Å². The molecule has 1 saturated carbocycles. The van der Waals surface area contributed by atoms with Crippen LogP contribution in [0, 0.1) is 5.41 Å². The van der Waals surface area contributed by atoms with E-state index in [-0.39, 0.29) is 5.41 Å². The number of carbonyl (C=O) groups is 2. The quantitative estimate of drug-likeness (QED) is 0.368. The maximum absolute atomic E-state index is 11.0. The van der Waals surface area contributed by atoms with Gasteiger partial charge in [0.05, 0.1) is 5.41 Å². The Morgan fingerprint density at radius 3 is 2.36 bits per heavy atom. The zero-order valence-corrected chi connectivity index (χ0v) is 6.98. The van der Waals surface area contributed by atoms with Crippen LogP contribution < -0.4 is 0 Å². The van der Waals surface area contributed by atoms with Crippen molar-refractivity contribution in [3.63, 3.8) is 0 Å². The summed E-state index contributed by atoms with van der Waals surface area (Å²) in [6, 6.07) is 0. The van der Waals surface area contributed by atoms with Crippen molar-refractivity contribution in [2.45, 2.75) is 26.2 Å². The molecule has 0 aromatic rings. The highest BCUT2D eigenvalue weighted by Gasteiger charge is 2.50. The standard InChI is InChI=1S/C7H9ClO3/c1-2-7(3-4-7)5(9)11-6(8)10/h2-4H2,1H3. The lowest BCUT2D eigenvalue weighted by molar-refractivity contribution is -0.142. The number of esters is 1. The van der Waals surface area contributed by atoms with Gasteiger partial charge in [-0.25, -0.2) is 4.79 Å². The Bertz CT molecular complexity index is 196. The lowest BCUT2D eigenvalue weighted by Gasteiger charge is -2.07. The van der Waals surface area contributed by atoms with Crippen LogP contribution in [0.1, 0.15) is 26.2 Å². The molecule has 0 heterocycles. The van der Waals surface area contributed by atoms with E-state index in [2.05, 4.69) is 4.74 Å². The molecule has 0 amide bonds. The van der Waals surface area contributed by atoms with Crippen molar-refractivity contribution in [1.82, 2.24) is 0 Å². The van der Waals surface area contributed by atoms with Crippen LogP contribution in [0.15, 0.2) is 0 Å². The van der Waals surface area contributed by atoms with Crippen molar-refractivity contribution in [1.29, 1.82) is 0 Å². The highest BCUT2D eigenvalue weighted by Crippen LogP contribution is 2.49. The molecule has 0 atom stereocenters. The fraction of sp³-hybridized carbons (Fsp3) is 0.714. The first-order valence-corrected chi connectivity index (χ1v) is 3.90. The smallest absolute Gasteiger partial charge is 0.380 e. The SMILES string of the molecule is CCC1(C(=O)OC(=O)Cl)CC1. The summed E-state index contributed by atoms with van der Waals surface area (Å²) in [5.74, 6) is -0.472. The average Bonchev–Trinajstić information content (AvgIpc) is 2.65. The largest absolute Gasteiger partial charge is 0.411 e. The van der Waals surface area contributed by atoms with Gasteiger partial charge in [-0.15, -0.1) is 0 Å². The van der Waals surface area contributed by atoms with Crippen molar-refractivity contribution >= 4 is 23.0 Å². The summed E-state index contributed by atoms with van der Waals surface area (Å²) in [6.45, 7) is 1.90. The second kappa shape index (κ2) is 2.81. The lowest BCUT2D eigenvalue weighted by atomic mass is 10.1. The molecule has 62 valence electrons. The summed E-state index contributed by atoms with van der Waals surface area (Å²) in [7, 11) is 0. The van der Waals surface area contributed by atoms with E-state index in [4.69, 9.17) is 11.6 Å². The van der Waals surface area contributed by atoms with Crippen LogP contribution in [0.4, 0.5) is 4.79 Å². The highest BCUT2D eigenvalue weighted by atomic mass is 35.5. The van der Waals surface area contributed by atoms with Gasteiger partial charge < -0.3 is 4.74 Å². The van der Waals surface area contributed by atoms with Crippen LogP contribution in [-0.2, 0) is 9.53 Å². The number of rotatable bonds is 2. The van der Waals surface area contributed by atoms with Gasteiger partial charge in [-0.2, -0.15) is 0 Å². The Morgan fingerprint density at radius 2 is 2.09 bits per heavy atom. The molecule has 11 heavy (non-hydrogen) atoms. The van der Waals surface area contributed by atoms with Crippen molar-refractivity contribution < 1.29 is 14.3 Å². The molecule has 0 radical (unpaired) electrons. The van der Waals surface area contributed by atoms with Gasteiger partial charge in [0.2, 0.25) is 0 Å². The Hall–Kier alpha value is -0.570. The molecule has 3 nitrogen and oxygen atoms in total.